The zero-order valence-electron chi connectivity index (χ0n) is 9.81. The van der Waals surface area contributed by atoms with Crippen LogP contribution >= 0.6 is 0 Å². The molecule has 1 amide bonds. The van der Waals surface area contributed by atoms with Gasteiger partial charge in [0.25, 0.3) is 5.91 Å². The molecule has 1 N–H and O–H groups in total. The number of likely N-dealkylation sites (tertiary alicyclic amines) is 1. The second kappa shape index (κ2) is 4.65. The molecule has 1 atom stereocenters. The Kier molecular flexibility index (Phi) is 3.24. The summed E-state index contributed by atoms with van der Waals surface area (Å²) in [6.07, 6.45) is 5.45. The first-order chi connectivity index (χ1) is 7.68. The molecule has 1 aliphatic rings. The van der Waals surface area contributed by atoms with Gasteiger partial charge in [0.1, 0.15) is 0 Å². The molecule has 5 heteroatoms. The normalized spacial score (nSPS) is 20.7. The highest BCUT2D eigenvalue weighted by molar-refractivity contribution is 5.94. The van der Waals surface area contributed by atoms with Crippen LogP contribution in [0.25, 0.3) is 0 Å². The van der Waals surface area contributed by atoms with Gasteiger partial charge in [0.15, 0.2) is 0 Å². The van der Waals surface area contributed by atoms with Gasteiger partial charge in [0.05, 0.1) is 11.8 Å². The monoisotopic (exact) mass is 222 g/mol. The summed E-state index contributed by atoms with van der Waals surface area (Å²) in [4.78, 5) is 16.2. The van der Waals surface area contributed by atoms with E-state index in [1.165, 1.54) is 0 Å². The summed E-state index contributed by atoms with van der Waals surface area (Å²) < 4.78 is 0. The quantitative estimate of drug-likeness (QED) is 0.813. The summed E-state index contributed by atoms with van der Waals surface area (Å²) in [5.74, 6) is 0.0955. The van der Waals surface area contributed by atoms with Crippen molar-refractivity contribution in [3.63, 3.8) is 0 Å². The van der Waals surface area contributed by atoms with Crippen LogP contribution in [0.15, 0.2) is 12.4 Å². The predicted octanol–water partition coefficient (Wildman–Crippen LogP) is 0.576. The number of rotatable bonds is 3. The topological polar surface area (TPSA) is 52.2 Å². The fraction of sp³-hybridized carbons (Fsp3) is 0.636. The number of nitrogens with one attached hydrogen (secondary N) is 1. The lowest BCUT2D eigenvalue weighted by atomic mass is 10.2. The average molecular weight is 222 g/mol. The van der Waals surface area contributed by atoms with Gasteiger partial charge in [-0.2, -0.15) is 5.10 Å². The van der Waals surface area contributed by atoms with Gasteiger partial charge in [-0.3, -0.25) is 9.89 Å². The summed E-state index contributed by atoms with van der Waals surface area (Å²) in [5, 5.41) is 6.50. The van der Waals surface area contributed by atoms with Gasteiger partial charge in [-0.25, -0.2) is 0 Å². The van der Waals surface area contributed by atoms with Crippen molar-refractivity contribution in [2.75, 3.05) is 27.2 Å². The van der Waals surface area contributed by atoms with Gasteiger partial charge in [-0.05, 0) is 26.9 Å². The number of carbonyl (C=O) groups is 1. The van der Waals surface area contributed by atoms with E-state index in [0.29, 0.717) is 11.6 Å². The van der Waals surface area contributed by atoms with Gasteiger partial charge < -0.3 is 9.80 Å². The van der Waals surface area contributed by atoms with Gasteiger partial charge in [-0.1, -0.05) is 0 Å². The lowest BCUT2D eigenvalue weighted by Gasteiger charge is -2.26. The van der Waals surface area contributed by atoms with E-state index in [-0.39, 0.29) is 5.91 Å². The van der Waals surface area contributed by atoms with Crippen LogP contribution < -0.4 is 0 Å². The molecule has 88 valence electrons. The Morgan fingerprint density at radius 2 is 2.50 bits per heavy atom. The lowest BCUT2D eigenvalue weighted by molar-refractivity contribution is 0.0716. The van der Waals surface area contributed by atoms with E-state index >= 15 is 0 Å². The molecule has 0 spiro atoms. The van der Waals surface area contributed by atoms with E-state index in [1.54, 1.807) is 12.4 Å². The third kappa shape index (κ3) is 2.24. The van der Waals surface area contributed by atoms with E-state index < -0.39 is 0 Å². The maximum atomic E-state index is 12.1. The van der Waals surface area contributed by atoms with Crippen LogP contribution in [0, 0.1) is 0 Å². The van der Waals surface area contributed by atoms with Crippen LogP contribution in [0.2, 0.25) is 0 Å². The molecule has 1 aromatic rings. The fourth-order valence-corrected chi connectivity index (χ4v) is 2.25. The molecule has 0 aromatic carbocycles. The molecule has 0 bridgehead atoms. The van der Waals surface area contributed by atoms with Crippen LogP contribution in [0.1, 0.15) is 23.2 Å². The van der Waals surface area contributed by atoms with E-state index in [1.807, 2.05) is 19.0 Å². The fourth-order valence-electron chi connectivity index (χ4n) is 2.25. The molecule has 0 saturated carbocycles. The SMILES string of the molecule is CN(C)CC1CCCN1C(=O)c1cn[nH]c1. The van der Waals surface area contributed by atoms with Crippen LogP contribution in [-0.4, -0.2) is 59.1 Å². The maximum Gasteiger partial charge on any atom is 0.257 e. The van der Waals surface area contributed by atoms with E-state index in [9.17, 15) is 4.79 Å². The highest BCUT2D eigenvalue weighted by Crippen LogP contribution is 2.20. The molecule has 2 rings (SSSR count). The smallest absolute Gasteiger partial charge is 0.257 e. The number of aromatic nitrogens is 2. The third-order valence-corrected chi connectivity index (χ3v) is 2.96. The number of carbonyl (C=O) groups excluding carboxylic acids is 1. The Morgan fingerprint density at radius 1 is 1.69 bits per heavy atom. The largest absolute Gasteiger partial charge is 0.334 e. The maximum absolute atomic E-state index is 12.1. The van der Waals surface area contributed by atoms with Crippen molar-refractivity contribution in [2.45, 2.75) is 18.9 Å². The molecule has 1 unspecified atom stereocenters. The van der Waals surface area contributed by atoms with Crippen LogP contribution in [-0.2, 0) is 0 Å². The second-order valence-electron chi connectivity index (χ2n) is 4.54. The number of hydrogen-bond donors (Lipinski definition) is 1. The van der Waals surface area contributed by atoms with E-state index in [4.69, 9.17) is 0 Å². The molecular weight excluding hydrogens is 204 g/mol. The minimum atomic E-state index is 0.0955. The Labute approximate surface area is 95.4 Å². The summed E-state index contributed by atoms with van der Waals surface area (Å²) >= 11 is 0. The lowest BCUT2D eigenvalue weighted by Crippen LogP contribution is -2.41. The van der Waals surface area contributed by atoms with Crippen molar-refractivity contribution in [2.24, 2.45) is 0 Å². The molecule has 1 aromatic heterocycles. The standard InChI is InChI=1S/C11H18N4O/c1-14(2)8-10-4-3-5-15(10)11(16)9-6-12-13-7-9/h6-7,10H,3-5,8H2,1-2H3,(H,12,13). The highest BCUT2D eigenvalue weighted by atomic mass is 16.2. The van der Waals surface area contributed by atoms with Gasteiger partial charge in [0, 0.05) is 25.3 Å². The van der Waals surface area contributed by atoms with Crippen molar-refractivity contribution in [1.29, 1.82) is 0 Å². The summed E-state index contributed by atoms with van der Waals surface area (Å²) in [7, 11) is 4.08. The number of H-pyrrole nitrogens is 1. The number of nitrogens with zero attached hydrogens (tertiary/aromatic N) is 3. The number of likely N-dealkylation sites (N-methyl/N-ethyl adjacent to an activating group) is 1. The van der Waals surface area contributed by atoms with Crippen LogP contribution in [0.3, 0.4) is 0 Å². The van der Waals surface area contributed by atoms with Gasteiger partial charge in [0.2, 0.25) is 0 Å². The molecule has 5 nitrogen and oxygen atoms in total. The molecule has 0 radical (unpaired) electrons. The molecule has 16 heavy (non-hydrogen) atoms. The van der Waals surface area contributed by atoms with Crippen LogP contribution in [0.4, 0.5) is 0 Å². The van der Waals surface area contributed by atoms with Crippen molar-refractivity contribution in [1.82, 2.24) is 20.0 Å². The molecular formula is C11H18N4O. The number of hydrogen-bond acceptors (Lipinski definition) is 3. The average Bonchev–Trinajstić information content (AvgIpc) is 2.84. The molecule has 2 heterocycles. The van der Waals surface area contributed by atoms with Crippen molar-refractivity contribution < 1.29 is 4.79 Å². The first-order valence-corrected chi connectivity index (χ1v) is 5.63. The summed E-state index contributed by atoms with van der Waals surface area (Å²) in [6.45, 7) is 1.80. The first-order valence-electron chi connectivity index (χ1n) is 5.63. The van der Waals surface area contributed by atoms with Crippen LogP contribution in [0.5, 0.6) is 0 Å². The third-order valence-electron chi connectivity index (χ3n) is 2.96. The second-order valence-corrected chi connectivity index (χ2v) is 4.54. The van der Waals surface area contributed by atoms with E-state index in [0.717, 1.165) is 25.9 Å². The first kappa shape index (κ1) is 11.1. The molecule has 0 aliphatic carbocycles. The van der Waals surface area contributed by atoms with Crippen molar-refractivity contribution in [3.05, 3.63) is 18.0 Å². The van der Waals surface area contributed by atoms with Crippen molar-refractivity contribution >= 4 is 5.91 Å². The van der Waals surface area contributed by atoms with Crippen molar-refractivity contribution in [3.8, 4) is 0 Å². The zero-order valence-corrected chi connectivity index (χ0v) is 9.81. The minimum Gasteiger partial charge on any atom is -0.334 e. The zero-order chi connectivity index (χ0) is 11.5. The number of aromatic amines is 1. The Bertz CT molecular complexity index is 347. The molecule has 1 aliphatic heterocycles. The Morgan fingerprint density at radius 3 is 3.12 bits per heavy atom. The summed E-state index contributed by atoms with van der Waals surface area (Å²) in [6, 6.07) is 0.345. The highest BCUT2D eigenvalue weighted by Gasteiger charge is 2.29. The van der Waals surface area contributed by atoms with Gasteiger partial charge in [-0.15, -0.1) is 0 Å². The Hall–Kier alpha value is -1.36. The molecule has 1 saturated heterocycles. The number of amides is 1. The minimum absolute atomic E-state index is 0.0955. The summed E-state index contributed by atoms with van der Waals surface area (Å²) in [5.41, 5.74) is 0.658. The predicted molar refractivity (Wildman–Crippen MR) is 61.2 cm³/mol. The molecule has 1 fully saturated rings. The van der Waals surface area contributed by atoms with Gasteiger partial charge >= 0.3 is 0 Å². The Balaban J connectivity index is 2.05. The van der Waals surface area contributed by atoms with E-state index in [2.05, 4.69) is 15.1 Å².